The molecule has 0 fully saturated rings. The van der Waals surface area contributed by atoms with E-state index in [1.54, 1.807) is 0 Å². The molecule has 0 radical (unpaired) electrons. The standard InChI is InChI=1S/C8H14N4O2S/c1-5(2)6-3-11-7(12-8(6)9)4-15(10,13)14/h3,5H,4H2,1-2H3,(H2,9,11,12)(H2,10,13,14). The fourth-order valence-corrected chi connectivity index (χ4v) is 1.62. The first-order valence-electron chi connectivity index (χ1n) is 4.40. The molecule has 6 nitrogen and oxygen atoms in total. The lowest BCUT2D eigenvalue weighted by Crippen LogP contribution is -2.08. The zero-order chi connectivity index (χ0) is 11.6. The van der Waals surface area contributed by atoms with Crippen molar-refractivity contribution < 1.29 is 8.76 Å². The van der Waals surface area contributed by atoms with Crippen LogP contribution in [0.25, 0.3) is 0 Å². The van der Waals surface area contributed by atoms with Gasteiger partial charge in [0.05, 0.1) is 0 Å². The van der Waals surface area contributed by atoms with E-state index in [1.807, 2.05) is 13.8 Å². The number of hydrogen-bond acceptors (Lipinski definition) is 5. The SMILES string of the molecule is CC(C)c1cnc(CS(=N)(=O)O)nc1N. The van der Waals surface area contributed by atoms with Crippen molar-refractivity contribution in [3.8, 4) is 0 Å². The third-order valence-electron chi connectivity index (χ3n) is 1.84. The molecule has 0 aliphatic carbocycles. The number of hydrogen-bond donors (Lipinski definition) is 3. The summed E-state index contributed by atoms with van der Waals surface area (Å²) >= 11 is 0. The van der Waals surface area contributed by atoms with E-state index in [1.165, 1.54) is 6.20 Å². The highest BCUT2D eigenvalue weighted by molar-refractivity contribution is 7.86. The Labute approximate surface area is 88.7 Å². The van der Waals surface area contributed by atoms with E-state index < -0.39 is 15.8 Å². The van der Waals surface area contributed by atoms with Gasteiger partial charge in [-0.3, -0.25) is 0 Å². The third-order valence-corrected chi connectivity index (χ3v) is 2.49. The molecule has 0 amide bonds. The first-order chi connectivity index (χ1) is 6.79. The van der Waals surface area contributed by atoms with Crippen LogP contribution >= 0.6 is 0 Å². The summed E-state index contributed by atoms with van der Waals surface area (Å²) in [6, 6.07) is 0. The Hall–Kier alpha value is -1.21. The zero-order valence-corrected chi connectivity index (χ0v) is 9.41. The molecule has 0 saturated heterocycles. The summed E-state index contributed by atoms with van der Waals surface area (Å²) in [6.45, 7) is 3.91. The van der Waals surface area contributed by atoms with E-state index >= 15 is 0 Å². The van der Waals surface area contributed by atoms with E-state index in [2.05, 4.69) is 9.97 Å². The lowest BCUT2D eigenvalue weighted by Gasteiger charge is -2.08. The molecule has 0 bridgehead atoms. The maximum Gasteiger partial charge on any atom is 0.165 e. The molecule has 84 valence electrons. The summed E-state index contributed by atoms with van der Waals surface area (Å²) in [4.78, 5) is 7.78. The van der Waals surface area contributed by atoms with Gasteiger partial charge in [0, 0.05) is 11.8 Å². The van der Waals surface area contributed by atoms with E-state index in [0.29, 0.717) is 5.82 Å². The predicted octanol–water partition coefficient (Wildman–Crippen LogP) is 1.20. The van der Waals surface area contributed by atoms with Crippen LogP contribution in [0.2, 0.25) is 0 Å². The predicted molar refractivity (Wildman–Crippen MR) is 57.7 cm³/mol. The quantitative estimate of drug-likeness (QED) is 0.722. The van der Waals surface area contributed by atoms with Gasteiger partial charge in [0.15, 0.2) is 10.0 Å². The van der Waals surface area contributed by atoms with Crippen molar-refractivity contribution in [2.24, 2.45) is 0 Å². The highest BCUT2D eigenvalue weighted by Gasteiger charge is 2.10. The maximum atomic E-state index is 10.8. The van der Waals surface area contributed by atoms with Crippen molar-refractivity contribution >= 4 is 15.8 Å². The molecule has 1 aromatic heterocycles. The van der Waals surface area contributed by atoms with Gasteiger partial charge >= 0.3 is 0 Å². The number of nitrogen functional groups attached to an aromatic ring is 1. The number of anilines is 1. The number of nitrogens with one attached hydrogen (secondary N) is 1. The minimum absolute atomic E-state index is 0.124. The maximum absolute atomic E-state index is 10.8. The van der Waals surface area contributed by atoms with Gasteiger partial charge in [-0.25, -0.2) is 19.0 Å². The Morgan fingerprint density at radius 2 is 2.27 bits per heavy atom. The van der Waals surface area contributed by atoms with Gasteiger partial charge in [-0.1, -0.05) is 13.8 Å². The number of nitrogens with zero attached hydrogens (tertiary/aromatic N) is 2. The average Bonchev–Trinajstić information content (AvgIpc) is 1.99. The van der Waals surface area contributed by atoms with Crippen LogP contribution in [0.4, 0.5) is 5.82 Å². The molecule has 0 spiro atoms. The fourth-order valence-electron chi connectivity index (χ4n) is 1.13. The summed E-state index contributed by atoms with van der Waals surface area (Å²) in [5, 5.41) is 0. The van der Waals surface area contributed by atoms with Gasteiger partial charge < -0.3 is 10.3 Å². The van der Waals surface area contributed by atoms with Crippen LogP contribution in [0.15, 0.2) is 6.20 Å². The van der Waals surface area contributed by atoms with Crippen molar-refractivity contribution in [1.29, 1.82) is 4.78 Å². The number of nitrogens with two attached hydrogens (primary N) is 1. The summed E-state index contributed by atoms with van der Waals surface area (Å²) < 4.78 is 26.4. The first-order valence-corrected chi connectivity index (χ1v) is 6.08. The molecule has 1 atom stereocenters. The van der Waals surface area contributed by atoms with Crippen molar-refractivity contribution in [1.82, 2.24) is 9.97 Å². The molecular formula is C8H14N4O2S. The lowest BCUT2D eigenvalue weighted by atomic mass is 10.1. The molecule has 0 saturated carbocycles. The second-order valence-corrected chi connectivity index (χ2v) is 5.14. The van der Waals surface area contributed by atoms with Crippen molar-refractivity contribution in [2.45, 2.75) is 25.5 Å². The molecule has 0 aliphatic heterocycles. The van der Waals surface area contributed by atoms with E-state index in [-0.39, 0.29) is 11.7 Å². The minimum atomic E-state index is -3.61. The third kappa shape index (κ3) is 3.45. The highest BCUT2D eigenvalue weighted by atomic mass is 32.2. The van der Waals surface area contributed by atoms with Crippen LogP contribution in [0.1, 0.15) is 31.2 Å². The Bertz CT molecular complexity index is 456. The molecule has 7 heteroatoms. The smallest absolute Gasteiger partial charge is 0.165 e. The van der Waals surface area contributed by atoms with Gasteiger partial charge in [0.1, 0.15) is 17.4 Å². The second-order valence-electron chi connectivity index (χ2n) is 3.57. The molecule has 15 heavy (non-hydrogen) atoms. The van der Waals surface area contributed by atoms with Gasteiger partial charge in [-0.15, -0.1) is 0 Å². The fraction of sp³-hybridized carbons (Fsp3) is 0.500. The molecule has 1 heterocycles. The van der Waals surface area contributed by atoms with Crippen LogP contribution in [0.5, 0.6) is 0 Å². The van der Waals surface area contributed by atoms with Crippen LogP contribution in [0, 0.1) is 4.78 Å². The Kier molecular flexibility index (Phi) is 3.25. The first kappa shape index (κ1) is 11.9. The number of aromatic nitrogens is 2. The molecule has 0 aliphatic rings. The largest absolute Gasteiger partial charge is 0.383 e. The Morgan fingerprint density at radius 1 is 1.67 bits per heavy atom. The minimum Gasteiger partial charge on any atom is -0.383 e. The van der Waals surface area contributed by atoms with Gasteiger partial charge in [-0.05, 0) is 5.92 Å². The second kappa shape index (κ2) is 4.11. The highest BCUT2D eigenvalue weighted by Crippen LogP contribution is 2.18. The van der Waals surface area contributed by atoms with E-state index in [4.69, 9.17) is 15.1 Å². The Morgan fingerprint density at radius 3 is 2.67 bits per heavy atom. The number of rotatable bonds is 3. The van der Waals surface area contributed by atoms with Crippen molar-refractivity contribution in [3.05, 3.63) is 17.6 Å². The monoisotopic (exact) mass is 230 g/mol. The molecule has 1 unspecified atom stereocenters. The van der Waals surface area contributed by atoms with Crippen LogP contribution in [0.3, 0.4) is 0 Å². The van der Waals surface area contributed by atoms with E-state index in [0.717, 1.165) is 5.56 Å². The average molecular weight is 230 g/mol. The molecule has 4 N–H and O–H groups in total. The normalized spacial score (nSPS) is 15.2. The summed E-state index contributed by atoms with van der Waals surface area (Å²) in [6.07, 6.45) is 1.54. The molecule has 1 aromatic rings. The van der Waals surface area contributed by atoms with Crippen molar-refractivity contribution in [2.75, 3.05) is 5.73 Å². The summed E-state index contributed by atoms with van der Waals surface area (Å²) in [7, 11) is -3.61. The molecular weight excluding hydrogens is 216 g/mol. The van der Waals surface area contributed by atoms with Gasteiger partial charge in [0.2, 0.25) is 0 Å². The van der Waals surface area contributed by atoms with E-state index in [9.17, 15) is 4.21 Å². The summed E-state index contributed by atoms with van der Waals surface area (Å²) in [5.41, 5.74) is 6.45. The van der Waals surface area contributed by atoms with Gasteiger partial charge in [0.25, 0.3) is 0 Å². The topological polar surface area (TPSA) is 113 Å². The summed E-state index contributed by atoms with van der Waals surface area (Å²) in [5.74, 6) is 0.238. The molecule has 1 rings (SSSR count). The zero-order valence-electron chi connectivity index (χ0n) is 8.60. The van der Waals surface area contributed by atoms with Crippen LogP contribution in [-0.2, 0) is 15.8 Å². The molecule has 0 aromatic carbocycles. The lowest BCUT2D eigenvalue weighted by molar-refractivity contribution is 0.546. The van der Waals surface area contributed by atoms with Crippen LogP contribution < -0.4 is 5.73 Å². The Balaban J connectivity index is 3.02. The van der Waals surface area contributed by atoms with Crippen LogP contribution in [-0.4, -0.2) is 18.7 Å². The van der Waals surface area contributed by atoms with Crippen molar-refractivity contribution in [3.63, 3.8) is 0 Å². The van der Waals surface area contributed by atoms with Gasteiger partial charge in [-0.2, -0.15) is 0 Å².